The quantitative estimate of drug-likeness (QED) is 0.161. The molecule has 9 rings (SSSR count). The van der Waals surface area contributed by atoms with Gasteiger partial charge in [-0.2, -0.15) is 0 Å². The highest BCUT2D eigenvalue weighted by Gasteiger charge is 2.22. The second-order valence-corrected chi connectivity index (χ2v) is 15.7. The Morgan fingerprint density at radius 2 is 0.652 bits per heavy atom. The van der Waals surface area contributed by atoms with Crippen LogP contribution in [-0.4, -0.2) is 0 Å². The normalized spacial score (nSPS) is 15.1. The molecule has 46 heavy (non-hydrogen) atoms. The lowest BCUT2D eigenvalue weighted by atomic mass is 9.82. The van der Waals surface area contributed by atoms with Crippen molar-refractivity contribution in [3.05, 3.63) is 118 Å². The molecule has 0 saturated carbocycles. The smallest absolute Gasteiger partial charge is 0.0727 e. The van der Waals surface area contributed by atoms with E-state index in [1.54, 1.807) is 0 Å². The van der Waals surface area contributed by atoms with E-state index in [2.05, 4.69) is 126 Å². The first-order valence-electron chi connectivity index (χ1n) is 16.7. The van der Waals surface area contributed by atoms with E-state index in [1.807, 2.05) is 0 Å². The van der Waals surface area contributed by atoms with Crippen LogP contribution in [0, 0.1) is 0 Å². The minimum atomic E-state index is 0.0913. The highest BCUT2D eigenvalue weighted by Crippen LogP contribution is 2.43. The fourth-order valence-corrected chi connectivity index (χ4v) is 8.02. The Hall–Kier alpha value is -4.24. The van der Waals surface area contributed by atoms with Crippen molar-refractivity contribution in [2.45, 2.75) is 78.8 Å². The molecule has 0 amide bonds. The topological polar surface area (TPSA) is 18.5 Å². The van der Waals surface area contributed by atoms with Crippen molar-refractivity contribution in [3.63, 3.8) is 0 Å². The third-order valence-electron chi connectivity index (χ3n) is 10.5. The van der Waals surface area contributed by atoms with Gasteiger partial charge in [-0.25, -0.2) is 0 Å². The van der Waals surface area contributed by atoms with Gasteiger partial charge < -0.3 is 9.47 Å². The number of ether oxygens (including phenoxy) is 2. The van der Waals surface area contributed by atoms with Crippen molar-refractivity contribution in [3.8, 4) is 0 Å². The molecule has 1 aliphatic rings. The second kappa shape index (κ2) is 9.64. The van der Waals surface area contributed by atoms with Crippen molar-refractivity contribution in [1.82, 2.24) is 0 Å². The molecule has 8 aromatic rings. The SMILES string of the molecule is CC(C)(C)c1cc2ccc3c4cc(c5ccc(c1)c2c35)COCc1cc(c2ccc3cc(C(C)(C)C)cc5ccc1c2c35)COC4. The van der Waals surface area contributed by atoms with Crippen molar-refractivity contribution in [2.75, 3.05) is 0 Å². The Morgan fingerprint density at radius 3 is 0.913 bits per heavy atom. The van der Waals surface area contributed by atoms with Crippen molar-refractivity contribution >= 4 is 64.6 Å². The first kappa shape index (κ1) is 28.0. The molecule has 8 aromatic carbocycles. The first-order chi connectivity index (χ1) is 22.0. The fraction of sp³-hybridized carbons (Fsp3) is 0.273. The Balaban J connectivity index is 1.20. The number of benzene rings is 8. The van der Waals surface area contributed by atoms with Crippen LogP contribution in [-0.2, 0) is 46.7 Å². The summed E-state index contributed by atoms with van der Waals surface area (Å²) in [5, 5.41) is 15.7. The van der Waals surface area contributed by atoms with Crippen LogP contribution in [0.5, 0.6) is 0 Å². The molecule has 0 N–H and O–H groups in total. The van der Waals surface area contributed by atoms with Crippen LogP contribution in [0.25, 0.3) is 64.6 Å². The predicted octanol–water partition coefficient (Wildman–Crippen LogP) is 11.8. The Bertz CT molecular complexity index is 2170. The van der Waals surface area contributed by atoms with Gasteiger partial charge in [0.1, 0.15) is 0 Å². The molecule has 0 saturated heterocycles. The standard InChI is InChI=1S/C44H40O2/c1-43(2,3)33-17-25-7-11-35-29-15-30(36-12-8-26(18-33)39(25)41(35)36)22-46-24-32-16-31(23-45-21-29)37-13-9-27-19-34(44(4,5)6)20-28-10-14-38(32)42(37)40(27)28/h7-20H,21-24H2,1-6H3. The average Bonchev–Trinajstić information content (AvgIpc) is 3.02. The van der Waals surface area contributed by atoms with Crippen LogP contribution in [0.1, 0.15) is 74.9 Å². The van der Waals surface area contributed by atoms with Crippen molar-refractivity contribution in [2.24, 2.45) is 0 Å². The van der Waals surface area contributed by atoms with Gasteiger partial charge in [0.15, 0.2) is 0 Å². The van der Waals surface area contributed by atoms with Crippen LogP contribution in [0.15, 0.2) is 84.9 Å². The average molecular weight is 601 g/mol. The molecule has 1 heterocycles. The molecule has 0 fully saturated rings. The zero-order valence-electron chi connectivity index (χ0n) is 27.7. The third-order valence-corrected chi connectivity index (χ3v) is 10.5. The summed E-state index contributed by atoms with van der Waals surface area (Å²) in [5.74, 6) is 0. The summed E-state index contributed by atoms with van der Waals surface area (Å²) in [6.07, 6.45) is 0. The van der Waals surface area contributed by atoms with Gasteiger partial charge in [0.05, 0.1) is 26.4 Å². The van der Waals surface area contributed by atoms with E-state index < -0.39 is 0 Å². The number of rotatable bonds is 0. The summed E-state index contributed by atoms with van der Waals surface area (Å²) < 4.78 is 13.3. The second-order valence-electron chi connectivity index (χ2n) is 15.7. The van der Waals surface area contributed by atoms with E-state index >= 15 is 0 Å². The molecule has 2 nitrogen and oxygen atoms in total. The number of hydrogen-bond donors (Lipinski definition) is 0. The summed E-state index contributed by atoms with van der Waals surface area (Å²) in [4.78, 5) is 0. The number of fused-ring (bicyclic) bond motifs is 8. The van der Waals surface area contributed by atoms with Crippen molar-refractivity contribution < 1.29 is 9.47 Å². The highest BCUT2D eigenvalue weighted by atomic mass is 16.5. The zero-order chi connectivity index (χ0) is 31.5. The summed E-state index contributed by atoms with van der Waals surface area (Å²) >= 11 is 0. The lowest BCUT2D eigenvalue weighted by Gasteiger charge is -2.24. The summed E-state index contributed by atoms with van der Waals surface area (Å²) in [7, 11) is 0. The maximum absolute atomic E-state index is 6.65. The fourth-order valence-electron chi connectivity index (χ4n) is 8.02. The zero-order valence-corrected chi connectivity index (χ0v) is 27.7. The maximum atomic E-state index is 6.65. The summed E-state index contributed by atoms with van der Waals surface area (Å²) in [5.41, 5.74) is 7.84. The molecular formula is C44H40O2. The molecule has 4 bridgehead atoms. The lowest BCUT2D eigenvalue weighted by molar-refractivity contribution is 0.101. The van der Waals surface area contributed by atoms with Crippen LogP contribution >= 0.6 is 0 Å². The van der Waals surface area contributed by atoms with Crippen LogP contribution in [0.2, 0.25) is 0 Å². The van der Waals surface area contributed by atoms with E-state index in [0.29, 0.717) is 26.4 Å². The largest absolute Gasteiger partial charge is 0.372 e. The summed E-state index contributed by atoms with van der Waals surface area (Å²) in [6, 6.07) is 32.7. The van der Waals surface area contributed by atoms with Gasteiger partial charge in [0, 0.05) is 0 Å². The monoisotopic (exact) mass is 600 g/mol. The summed E-state index contributed by atoms with van der Waals surface area (Å²) in [6.45, 7) is 16.0. The Kier molecular flexibility index (Phi) is 5.87. The molecule has 0 unspecified atom stereocenters. The van der Waals surface area contributed by atoms with Gasteiger partial charge in [-0.3, -0.25) is 0 Å². The van der Waals surface area contributed by atoms with Gasteiger partial charge in [-0.15, -0.1) is 0 Å². The van der Waals surface area contributed by atoms with Crippen LogP contribution in [0.3, 0.4) is 0 Å². The van der Waals surface area contributed by atoms with Gasteiger partial charge in [-0.1, -0.05) is 114 Å². The molecular weight excluding hydrogens is 560 g/mol. The van der Waals surface area contributed by atoms with E-state index in [1.165, 1.54) is 98.0 Å². The molecule has 0 atom stereocenters. The van der Waals surface area contributed by atoms with Crippen LogP contribution in [0.4, 0.5) is 0 Å². The Labute approximate surface area is 270 Å². The van der Waals surface area contributed by atoms with E-state index in [9.17, 15) is 0 Å². The van der Waals surface area contributed by atoms with E-state index in [-0.39, 0.29) is 10.8 Å². The molecule has 228 valence electrons. The molecule has 1 aliphatic heterocycles. The predicted molar refractivity (Wildman–Crippen MR) is 195 cm³/mol. The molecule has 0 aromatic heterocycles. The van der Waals surface area contributed by atoms with Gasteiger partial charge in [0.25, 0.3) is 0 Å². The molecule has 0 spiro atoms. The third kappa shape index (κ3) is 4.16. The molecule has 0 aliphatic carbocycles. The molecule has 2 heteroatoms. The maximum Gasteiger partial charge on any atom is 0.0727 e. The minimum absolute atomic E-state index is 0.0913. The van der Waals surface area contributed by atoms with E-state index in [0.717, 1.165) is 0 Å². The molecule has 0 radical (unpaired) electrons. The van der Waals surface area contributed by atoms with Gasteiger partial charge >= 0.3 is 0 Å². The van der Waals surface area contributed by atoms with Crippen LogP contribution < -0.4 is 0 Å². The number of hydrogen-bond acceptors (Lipinski definition) is 2. The van der Waals surface area contributed by atoms with Gasteiger partial charge in [0.2, 0.25) is 0 Å². The minimum Gasteiger partial charge on any atom is -0.372 e. The van der Waals surface area contributed by atoms with Gasteiger partial charge in [-0.05, 0) is 121 Å². The lowest BCUT2D eigenvalue weighted by Crippen LogP contribution is -2.11. The Morgan fingerprint density at radius 1 is 0.370 bits per heavy atom. The van der Waals surface area contributed by atoms with Crippen molar-refractivity contribution in [1.29, 1.82) is 0 Å². The first-order valence-corrected chi connectivity index (χ1v) is 16.7. The highest BCUT2D eigenvalue weighted by molar-refractivity contribution is 6.25. The van der Waals surface area contributed by atoms with E-state index in [4.69, 9.17) is 9.47 Å².